The lowest BCUT2D eigenvalue weighted by atomic mass is 10.2. The lowest BCUT2D eigenvalue weighted by Gasteiger charge is -2.08. The molecule has 2 heterocycles. The van der Waals surface area contributed by atoms with Crippen molar-refractivity contribution in [3.05, 3.63) is 34.4 Å². The van der Waals surface area contributed by atoms with Gasteiger partial charge in [0.2, 0.25) is 0 Å². The molecule has 0 saturated heterocycles. The highest BCUT2D eigenvalue weighted by Crippen LogP contribution is 2.32. The molecule has 0 saturated carbocycles. The van der Waals surface area contributed by atoms with Gasteiger partial charge in [-0.2, -0.15) is 13.2 Å². The summed E-state index contributed by atoms with van der Waals surface area (Å²) >= 11 is 3.03. The molecule has 0 aliphatic heterocycles. The van der Waals surface area contributed by atoms with E-state index in [1.165, 1.54) is 10.6 Å². The zero-order valence-corrected chi connectivity index (χ0v) is 8.60. The number of imidazole rings is 1. The van der Waals surface area contributed by atoms with Crippen LogP contribution < -0.4 is 0 Å². The van der Waals surface area contributed by atoms with E-state index in [9.17, 15) is 17.6 Å². The van der Waals surface area contributed by atoms with Crippen LogP contribution in [0, 0.1) is 5.82 Å². The van der Waals surface area contributed by atoms with E-state index >= 15 is 0 Å². The Morgan fingerprint density at radius 1 is 1.33 bits per heavy atom. The smallest absolute Gasteiger partial charge is 0.292 e. The Morgan fingerprint density at radius 3 is 2.60 bits per heavy atom. The molecule has 0 unspecified atom stereocenters. The molecule has 2 aromatic rings. The van der Waals surface area contributed by atoms with Crippen molar-refractivity contribution in [1.29, 1.82) is 0 Å². The normalized spacial score (nSPS) is 12.3. The summed E-state index contributed by atoms with van der Waals surface area (Å²) in [5.74, 6) is -1.37. The summed E-state index contributed by atoms with van der Waals surface area (Å²) in [5.41, 5.74) is -1.66. The Bertz CT molecular complexity index is 517. The lowest BCUT2D eigenvalue weighted by Crippen LogP contribution is -2.09. The quantitative estimate of drug-likeness (QED) is 0.678. The lowest BCUT2D eigenvalue weighted by molar-refractivity contribution is -0.139. The predicted molar refractivity (Wildman–Crippen MR) is 47.9 cm³/mol. The number of aromatic nitrogens is 2. The average Bonchev–Trinajstić information content (AvgIpc) is 2.47. The zero-order valence-electron chi connectivity index (χ0n) is 7.02. The number of nitrogens with zero attached hydrogens (tertiary/aromatic N) is 2. The summed E-state index contributed by atoms with van der Waals surface area (Å²) in [7, 11) is 0. The summed E-state index contributed by atoms with van der Waals surface area (Å²) in [4.78, 5) is 3.53. The maximum Gasteiger partial charge on any atom is 0.419 e. The average molecular weight is 283 g/mol. The minimum absolute atomic E-state index is 0.350. The number of hydrogen-bond acceptors (Lipinski definition) is 1. The van der Waals surface area contributed by atoms with Crippen molar-refractivity contribution >= 4 is 21.6 Å². The third-order valence-electron chi connectivity index (χ3n) is 1.88. The van der Waals surface area contributed by atoms with Crippen LogP contribution in [-0.4, -0.2) is 9.38 Å². The Kier molecular flexibility index (Phi) is 2.22. The van der Waals surface area contributed by atoms with Crippen LogP contribution in [0.3, 0.4) is 0 Å². The number of hydrogen-bond donors (Lipinski definition) is 0. The number of halogens is 5. The van der Waals surface area contributed by atoms with E-state index in [0.29, 0.717) is 10.7 Å². The fraction of sp³-hybridized carbons (Fsp3) is 0.125. The van der Waals surface area contributed by atoms with Gasteiger partial charge in [-0.3, -0.25) is 4.40 Å². The first-order valence-corrected chi connectivity index (χ1v) is 4.59. The topological polar surface area (TPSA) is 17.3 Å². The maximum atomic E-state index is 13.4. The Hall–Kier alpha value is -1.11. The number of fused-ring (bicyclic) bond motifs is 1. The van der Waals surface area contributed by atoms with Gasteiger partial charge in [-0.05, 0) is 22.0 Å². The molecule has 15 heavy (non-hydrogen) atoms. The highest BCUT2D eigenvalue weighted by molar-refractivity contribution is 9.10. The first-order chi connectivity index (χ1) is 6.91. The predicted octanol–water partition coefficient (Wildman–Crippen LogP) is 3.25. The van der Waals surface area contributed by atoms with Gasteiger partial charge in [0.05, 0.1) is 11.8 Å². The summed E-state index contributed by atoms with van der Waals surface area (Å²) in [6.45, 7) is 0. The van der Waals surface area contributed by atoms with E-state index in [0.717, 1.165) is 6.20 Å². The minimum atomic E-state index is -4.70. The van der Waals surface area contributed by atoms with Crippen molar-refractivity contribution in [2.75, 3.05) is 0 Å². The van der Waals surface area contributed by atoms with Crippen molar-refractivity contribution < 1.29 is 17.6 Å². The van der Waals surface area contributed by atoms with Crippen LogP contribution in [0.4, 0.5) is 17.6 Å². The number of pyridine rings is 1. The molecule has 7 heteroatoms. The van der Waals surface area contributed by atoms with E-state index in [4.69, 9.17) is 0 Å². The van der Waals surface area contributed by atoms with Crippen molar-refractivity contribution in [1.82, 2.24) is 9.38 Å². The highest BCUT2D eigenvalue weighted by atomic mass is 79.9. The molecule has 0 atom stereocenters. The molecular weight excluding hydrogens is 280 g/mol. The molecule has 0 radical (unpaired) electrons. The van der Waals surface area contributed by atoms with E-state index in [1.54, 1.807) is 0 Å². The van der Waals surface area contributed by atoms with Gasteiger partial charge < -0.3 is 0 Å². The van der Waals surface area contributed by atoms with Crippen molar-refractivity contribution in [3.63, 3.8) is 0 Å². The number of alkyl halides is 3. The van der Waals surface area contributed by atoms with Gasteiger partial charge in [0, 0.05) is 6.20 Å². The summed E-state index contributed by atoms with van der Waals surface area (Å²) < 4.78 is 51.8. The second-order valence-corrected chi connectivity index (χ2v) is 3.63. The largest absolute Gasteiger partial charge is 0.419 e. The highest BCUT2D eigenvalue weighted by Gasteiger charge is 2.35. The molecule has 0 aliphatic carbocycles. The molecule has 0 amide bonds. The van der Waals surface area contributed by atoms with Gasteiger partial charge >= 0.3 is 6.18 Å². The molecule has 0 N–H and O–H groups in total. The van der Waals surface area contributed by atoms with Crippen molar-refractivity contribution in [2.24, 2.45) is 0 Å². The van der Waals surface area contributed by atoms with E-state index in [2.05, 4.69) is 20.9 Å². The molecular formula is C8H3BrF4N2. The van der Waals surface area contributed by atoms with Crippen LogP contribution in [0.2, 0.25) is 0 Å². The van der Waals surface area contributed by atoms with Crippen LogP contribution in [0.15, 0.2) is 23.1 Å². The fourth-order valence-corrected chi connectivity index (χ4v) is 1.59. The molecule has 0 fully saturated rings. The van der Waals surface area contributed by atoms with Crippen LogP contribution in [-0.2, 0) is 6.18 Å². The van der Waals surface area contributed by atoms with Crippen LogP contribution in [0.1, 0.15) is 5.56 Å². The molecule has 2 rings (SSSR count). The second-order valence-electron chi connectivity index (χ2n) is 2.82. The van der Waals surface area contributed by atoms with Gasteiger partial charge in [-0.25, -0.2) is 9.37 Å². The van der Waals surface area contributed by atoms with Crippen LogP contribution in [0.5, 0.6) is 0 Å². The first-order valence-electron chi connectivity index (χ1n) is 3.79. The molecule has 2 aromatic heterocycles. The summed E-state index contributed by atoms with van der Waals surface area (Å²) in [5, 5.41) is 0. The molecule has 0 bridgehead atoms. The zero-order chi connectivity index (χ0) is 11.2. The minimum Gasteiger partial charge on any atom is -0.292 e. The Balaban J connectivity index is 2.77. The van der Waals surface area contributed by atoms with Gasteiger partial charge in [-0.15, -0.1) is 0 Å². The second kappa shape index (κ2) is 3.19. The van der Waals surface area contributed by atoms with E-state index < -0.39 is 17.6 Å². The van der Waals surface area contributed by atoms with Crippen molar-refractivity contribution in [2.45, 2.75) is 6.18 Å². The SMILES string of the molecule is Fc1c(C(F)(F)F)ccn2c(Br)cnc12. The Labute approximate surface area is 89.7 Å². The van der Waals surface area contributed by atoms with Crippen LogP contribution >= 0.6 is 15.9 Å². The van der Waals surface area contributed by atoms with Crippen LogP contribution in [0.25, 0.3) is 5.65 Å². The van der Waals surface area contributed by atoms with Gasteiger partial charge in [-0.1, -0.05) is 0 Å². The Morgan fingerprint density at radius 2 is 2.00 bits per heavy atom. The summed E-state index contributed by atoms with van der Waals surface area (Å²) in [6, 6.07) is 0.675. The molecule has 0 aromatic carbocycles. The van der Waals surface area contributed by atoms with E-state index in [-0.39, 0.29) is 5.65 Å². The van der Waals surface area contributed by atoms with Gasteiger partial charge in [0.25, 0.3) is 0 Å². The number of rotatable bonds is 0. The maximum absolute atomic E-state index is 13.4. The standard InChI is InChI=1S/C8H3BrF4N2/c9-5-3-14-7-6(10)4(8(11,12)13)1-2-15(5)7/h1-3H. The third kappa shape index (κ3) is 1.60. The third-order valence-corrected chi connectivity index (χ3v) is 2.47. The first kappa shape index (κ1) is 10.4. The van der Waals surface area contributed by atoms with Gasteiger partial charge in [0.15, 0.2) is 11.5 Å². The monoisotopic (exact) mass is 282 g/mol. The summed E-state index contributed by atoms with van der Waals surface area (Å²) in [6.07, 6.45) is -2.36. The molecule has 2 nitrogen and oxygen atoms in total. The molecule has 80 valence electrons. The van der Waals surface area contributed by atoms with E-state index in [1.807, 2.05) is 0 Å². The molecule has 0 aliphatic rings. The fourth-order valence-electron chi connectivity index (χ4n) is 1.21. The van der Waals surface area contributed by atoms with Crippen molar-refractivity contribution in [3.8, 4) is 0 Å². The van der Waals surface area contributed by atoms with Gasteiger partial charge in [0.1, 0.15) is 4.60 Å². The molecule has 0 spiro atoms.